The number of aryl methyl sites for hydroxylation is 1. The van der Waals surface area contributed by atoms with E-state index >= 15 is 0 Å². The Hall–Kier alpha value is -3.41. The molecule has 3 aromatic rings. The first kappa shape index (κ1) is 19.4. The van der Waals surface area contributed by atoms with E-state index in [1.54, 1.807) is 11.1 Å². The van der Waals surface area contributed by atoms with E-state index in [1.807, 2.05) is 81.4 Å². The summed E-state index contributed by atoms with van der Waals surface area (Å²) in [7, 11) is 4.00. The van der Waals surface area contributed by atoms with Crippen molar-refractivity contribution in [2.45, 2.75) is 13.8 Å². The molecule has 6 nitrogen and oxygen atoms in total. The highest BCUT2D eigenvalue weighted by Gasteiger charge is 2.18. The molecule has 0 fully saturated rings. The van der Waals surface area contributed by atoms with E-state index in [0.717, 1.165) is 22.6 Å². The Morgan fingerprint density at radius 2 is 1.75 bits per heavy atom. The van der Waals surface area contributed by atoms with Crippen LogP contribution in [0.1, 0.15) is 23.0 Å². The van der Waals surface area contributed by atoms with Gasteiger partial charge in [0.2, 0.25) is 0 Å². The highest BCUT2D eigenvalue weighted by molar-refractivity contribution is 6.04. The average Bonchev–Trinajstić information content (AvgIpc) is 2.69. The molecule has 1 N–H and O–H groups in total. The second-order valence-electron chi connectivity index (χ2n) is 6.74. The van der Waals surface area contributed by atoms with E-state index in [9.17, 15) is 4.79 Å². The van der Waals surface area contributed by atoms with Gasteiger partial charge in [0.15, 0.2) is 0 Å². The largest absolute Gasteiger partial charge is 0.378 e. The molecule has 0 aliphatic heterocycles. The molecule has 1 heterocycles. The maximum absolute atomic E-state index is 12.9. The van der Waals surface area contributed by atoms with Gasteiger partial charge < -0.3 is 15.1 Å². The van der Waals surface area contributed by atoms with Crippen molar-refractivity contribution in [3.63, 3.8) is 0 Å². The molecule has 0 aliphatic carbocycles. The predicted octanol–water partition coefficient (Wildman–Crippen LogP) is 4.26. The molecule has 28 heavy (non-hydrogen) atoms. The molecule has 0 bridgehead atoms. The molecule has 0 aliphatic rings. The molecule has 0 atom stereocenters. The van der Waals surface area contributed by atoms with Gasteiger partial charge >= 0.3 is 0 Å². The summed E-state index contributed by atoms with van der Waals surface area (Å²) in [6, 6.07) is 15.9. The normalized spacial score (nSPS) is 10.4. The molecule has 3 rings (SSSR count). The fraction of sp³-hybridized carbons (Fsp3) is 0.227. The molecule has 0 spiro atoms. The SMILES string of the molecule is CCN(C(=O)c1cnc(Nc2ccc(N(C)C)cc2)cn1)c1cccc(C)c1. The Morgan fingerprint density at radius 1 is 1.00 bits per heavy atom. The number of hydrogen-bond donors (Lipinski definition) is 1. The molecule has 0 radical (unpaired) electrons. The number of nitrogens with zero attached hydrogens (tertiary/aromatic N) is 4. The minimum Gasteiger partial charge on any atom is -0.378 e. The Kier molecular flexibility index (Phi) is 5.89. The van der Waals surface area contributed by atoms with Gasteiger partial charge in [0.1, 0.15) is 11.5 Å². The monoisotopic (exact) mass is 375 g/mol. The van der Waals surface area contributed by atoms with Gasteiger partial charge in [-0.15, -0.1) is 0 Å². The quantitative estimate of drug-likeness (QED) is 0.697. The van der Waals surface area contributed by atoms with Crippen LogP contribution in [0.5, 0.6) is 0 Å². The van der Waals surface area contributed by atoms with Gasteiger partial charge in [-0.05, 0) is 55.8 Å². The molecular formula is C22H25N5O. The van der Waals surface area contributed by atoms with Crippen LogP contribution in [0.3, 0.4) is 0 Å². The smallest absolute Gasteiger partial charge is 0.278 e. The summed E-state index contributed by atoms with van der Waals surface area (Å²) in [5.74, 6) is 0.426. The van der Waals surface area contributed by atoms with Crippen LogP contribution >= 0.6 is 0 Å². The fourth-order valence-corrected chi connectivity index (χ4v) is 2.87. The average molecular weight is 375 g/mol. The van der Waals surface area contributed by atoms with E-state index in [2.05, 4.69) is 15.3 Å². The van der Waals surface area contributed by atoms with Gasteiger partial charge in [-0.3, -0.25) is 4.79 Å². The summed E-state index contributed by atoms with van der Waals surface area (Å²) in [6.07, 6.45) is 3.09. The lowest BCUT2D eigenvalue weighted by atomic mass is 10.2. The zero-order valence-corrected chi connectivity index (χ0v) is 16.7. The minimum atomic E-state index is -0.164. The van der Waals surface area contributed by atoms with Crippen molar-refractivity contribution >= 4 is 28.8 Å². The number of anilines is 4. The number of benzene rings is 2. The van der Waals surface area contributed by atoms with E-state index < -0.39 is 0 Å². The molecule has 1 aromatic heterocycles. The fourth-order valence-electron chi connectivity index (χ4n) is 2.87. The van der Waals surface area contributed by atoms with Gasteiger partial charge in [-0.25, -0.2) is 9.97 Å². The number of carbonyl (C=O) groups excluding carboxylic acids is 1. The first-order valence-corrected chi connectivity index (χ1v) is 9.23. The summed E-state index contributed by atoms with van der Waals surface area (Å²) in [5.41, 5.74) is 4.31. The van der Waals surface area contributed by atoms with Gasteiger partial charge in [-0.1, -0.05) is 12.1 Å². The first-order chi connectivity index (χ1) is 13.5. The van der Waals surface area contributed by atoms with Crippen LogP contribution < -0.4 is 15.1 Å². The molecule has 2 aromatic carbocycles. The molecule has 144 valence electrons. The molecular weight excluding hydrogens is 350 g/mol. The summed E-state index contributed by atoms with van der Waals surface area (Å²) in [5, 5.41) is 3.20. The number of hydrogen-bond acceptors (Lipinski definition) is 5. The molecule has 1 amide bonds. The highest BCUT2D eigenvalue weighted by atomic mass is 16.2. The number of amides is 1. The van der Waals surface area contributed by atoms with Crippen LogP contribution in [0.25, 0.3) is 0 Å². The van der Waals surface area contributed by atoms with Crippen LogP contribution in [-0.4, -0.2) is 36.5 Å². The number of nitrogens with one attached hydrogen (secondary N) is 1. The van der Waals surface area contributed by atoms with E-state index in [-0.39, 0.29) is 5.91 Å². The van der Waals surface area contributed by atoms with Crippen molar-refractivity contribution in [1.29, 1.82) is 0 Å². The minimum absolute atomic E-state index is 0.164. The second kappa shape index (κ2) is 8.52. The van der Waals surface area contributed by atoms with Crippen molar-refractivity contribution in [2.24, 2.45) is 0 Å². The Bertz CT molecular complexity index is 936. The summed E-state index contributed by atoms with van der Waals surface area (Å²) >= 11 is 0. The number of carbonyl (C=O) groups is 1. The Morgan fingerprint density at radius 3 is 2.32 bits per heavy atom. The lowest BCUT2D eigenvalue weighted by molar-refractivity contribution is 0.0983. The third kappa shape index (κ3) is 4.46. The standard InChI is InChI=1S/C22H25N5O/c1-5-27(19-8-6-7-16(2)13-19)22(28)20-14-24-21(15-23-20)25-17-9-11-18(12-10-17)26(3)4/h6-15H,5H2,1-4H3,(H,24,25). The molecule has 0 unspecified atom stereocenters. The van der Waals surface area contributed by atoms with Crippen molar-refractivity contribution < 1.29 is 4.79 Å². The van der Waals surface area contributed by atoms with Crippen molar-refractivity contribution in [3.05, 3.63) is 72.2 Å². The number of aromatic nitrogens is 2. The third-order valence-corrected chi connectivity index (χ3v) is 4.40. The lowest BCUT2D eigenvalue weighted by Crippen LogP contribution is -2.31. The zero-order chi connectivity index (χ0) is 20.1. The van der Waals surface area contributed by atoms with Crippen LogP contribution in [0.4, 0.5) is 22.9 Å². The van der Waals surface area contributed by atoms with Crippen LogP contribution in [0, 0.1) is 6.92 Å². The van der Waals surface area contributed by atoms with Gasteiger partial charge in [0.25, 0.3) is 5.91 Å². The van der Waals surface area contributed by atoms with E-state index in [4.69, 9.17) is 0 Å². The van der Waals surface area contributed by atoms with Crippen LogP contribution in [0.2, 0.25) is 0 Å². The summed E-state index contributed by atoms with van der Waals surface area (Å²) in [6.45, 7) is 4.51. The lowest BCUT2D eigenvalue weighted by Gasteiger charge is -2.21. The topological polar surface area (TPSA) is 61.4 Å². The maximum atomic E-state index is 12.9. The van der Waals surface area contributed by atoms with E-state index in [0.29, 0.717) is 18.1 Å². The van der Waals surface area contributed by atoms with Crippen LogP contribution in [0.15, 0.2) is 60.9 Å². The van der Waals surface area contributed by atoms with Crippen LogP contribution in [-0.2, 0) is 0 Å². The van der Waals surface area contributed by atoms with Crippen molar-refractivity contribution in [2.75, 3.05) is 35.8 Å². The second-order valence-corrected chi connectivity index (χ2v) is 6.74. The zero-order valence-electron chi connectivity index (χ0n) is 16.7. The highest BCUT2D eigenvalue weighted by Crippen LogP contribution is 2.20. The Labute approximate surface area is 165 Å². The maximum Gasteiger partial charge on any atom is 0.278 e. The predicted molar refractivity (Wildman–Crippen MR) is 115 cm³/mol. The van der Waals surface area contributed by atoms with Crippen molar-refractivity contribution in [3.8, 4) is 0 Å². The van der Waals surface area contributed by atoms with Gasteiger partial charge in [-0.2, -0.15) is 0 Å². The van der Waals surface area contributed by atoms with Crippen molar-refractivity contribution in [1.82, 2.24) is 9.97 Å². The Balaban J connectivity index is 1.73. The third-order valence-electron chi connectivity index (χ3n) is 4.40. The summed E-state index contributed by atoms with van der Waals surface area (Å²) < 4.78 is 0. The van der Waals surface area contributed by atoms with E-state index in [1.165, 1.54) is 6.20 Å². The number of rotatable bonds is 6. The molecule has 6 heteroatoms. The summed E-state index contributed by atoms with van der Waals surface area (Å²) in [4.78, 5) is 25.3. The molecule has 0 saturated carbocycles. The van der Waals surface area contributed by atoms with Gasteiger partial charge in [0.05, 0.1) is 12.4 Å². The van der Waals surface area contributed by atoms with Gasteiger partial charge in [0, 0.05) is 37.7 Å². The first-order valence-electron chi connectivity index (χ1n) is 9.23. The molecule has 0 saturated heterocycles.